The number of benzene rings is 1. The zero-order valence-electron chi connectivity index (χ0n) is 9.67. The van der Waals surface area contributed by atoms with Gasteiger partial charge >= 0.3 is 0 Å². The van der Waals surface area contributed by atoms with E-state index in [0.29, 0.717) is 0 Å². The molecule has 1 aromatic carbocycles. The normalized spacial score (nSPS) is 17.2. The van der Waals surface area contributed by atoms with Gasteiger partial charge in [-0.15, -0.1) is 0 Å². The van der Waals surface area contributed by atoms with Crippen LogP contribution in [0.2, 0.25) is 5.02 Å². The molecule has 1 unspecified atom stereocenters. The van der Waals surface area contributed by atoms with Crippen molar-refractivity contribution in [2.75, 3.05) is 13.7 Å². The first-order chi connectivity index (χ1) is 8.24. The van der Waals surface area contributed by atoms with E-state index < -0.39 is 0 Å². The SMILES string of the molecule is CNC(C1=CCCCO1)c1cccc(Br)c1Cl. The van der Waals surface area contributed by atoms with Crippen LogP contribution in [0.15, 0.2) is 34.5 Å². The van der Waals surface area contributed by atoms with Crippen molar-refractivity contribution in [2.45, 2.75) is 18.9 Å². The van der Waals surface area contributed by atoms with E-state index in [1.165, 1.54) is 0 Å². The highest BCUT2D eigenvalue weighted by Crippen LogP contribution is 2.34. The minimum atomic E-state index is 0.0281. The van der Waals surface area contributed by atoms with Gasteiger partial charge in [0.05, 0.1) is 17.7 Å². The molecule has 0 aromatic heterocycles. The van der Waals surface area contributed by atoms with Gasteiger partial charge in [-0.05, 0) is 53.5 Å². The highest BCUT2D eigenvalue weighted by Gasteiger charge is 2.21. The summed E-state index contributed by atoms with van der Waals surface area (Å²) >= 11 is 9.76. The number of hydrogen-bond acceptors (Lipinski definition) is 2. The molecule has 1 heterocycles. The molecule has 1 atom stereocenters. The van der Waals surface area contributed by atoms with Crippen molar-refractivity contribution < 1.29 is 4.74 Å². The van der Waals surface area contributed by atoms with Gasteiger partial charge in [-0.3, -0.25) is 0 Å². The van der Waals surface area contributed by atoms with Gasteiger partial charge in [0.15, 0.2) is 0 Å². The van der Waals surface area contributed by atoms with Gasteiger partial charge in [0.1, 0.15) is 5.76 Å². The molecular formula is C13H15BrClNO. The Bertz CT molecular complexity index is 433. The molecule has 4 heteroatoms. The smallest absolute Gasteiger partial charge is 0.113 e. The van der Waals surface area contributed by atoms with Crippen molar-refractivity contribution in [1.82, 2.24) is 5.32 Å². The maximum atomic E-state index is 6.32. The number of hydrogen-bond donors (Lipinski definition) is 1. The average Bonchev–Trinajstić information content (AvgIpc) is 2.37. The Hall–Kier alpha value is -0.510. The Balaban J connectivity index is 2.34. The monoisotopic (exact) mass is 315 g/mol. The van der Waals surface area contributed by atoms with Gasteiger partial charge in [0.25, 0.3) is 0 Å². The minimum absolute atomic E-state index is 0.0281. The van der Waals surface area contributed by atoms with Crippen LogP contribution in [0, 0.1) is 0 Å². The van der Waals surface area contributed by atoms with E-state index in [9.17, 15) is 0 Å². The Morgan fingerprint density at radius 1 is 1.47 bits per heavy atom. The van der Waals surface area contributed by atoms with E-state index in [0.717, 1.165) is 40.3 Å². The van der Waals surface area contributed by atoms with Crippen molar-refractivity contribution >= 4 is 27.5 Å². The lowest BCUT2D eigenvalue weighted by atomic mass is 10.0. The minimum Gasteiger partial charge on any atom is -0.496 e. The van der Waals surface area contributed by atoms with Gasteiger partial charge in [-0.25, -0.2) is 0 Å². The molecule has 1 aromatic rings. The van der Waals surface area contributed by atoms with Crippen LogP contribution in [0.5, 0.6) is 0 Å². The topological polar surface area (TPSA) is 21.3 Å². The molecule has 0 saturated carbocycles. The van der Waals surface area contributed by atoms with Gasteiger partial charge < -0.3 is 10.1 Å². The predicted octanol–water partition coefficient (Wildman–Crippen LogP) is 4.06. The lowest BCUT2D eigenvalue weighted by Gasteiger charge is -2.24. The van der Waals surface area contributed by atoms with E-state index in [1.54, 1.807) is 0 Å². The zero-order valence-corrected chi connectivity index (χ0v) is 12.0. The zero-order chi connectivity index (χ0) is 12.3. The van der Waals surface area contributed by atoms with Gasteiger partial charge in [0, 0.05) is 4.47 Å². The molecule has 0 spiro atoms. The Morgan fingerprint density at radius 2 is 2.29 bits per heavy atom. The molecule has 0 amide bonds. The second-order valence-corrected chi connectivity index (χ2v) is 5.19. The first-order valence-electron chi connectivity index (χ1n) is 5.68. The lowest BCUT2D eigenvalue weighted by molar-refractivity contribution is 0.169. The second kappa shape index (κ2) is 5.89. The number of halogens is 2. The third-order valence-electron chi connectivity index (χ3n) is 2.83. The quantitative estimate of drug-likeness (QED) is 0.908. The van der Waals surface area contributed by atoms with Crippen LogP contribution in [0.1, 0.15) is 24.4 Å². The Kier molecular flexibility index (Phi) is 4.48. The van der Waals surface area contributed by atoms with Gasteiger partial charge in [-0.2, -0.15) is 0 Å². The van der Waals surface area contributed by atoms with E-state index in [-0.39, 0.29) is 6.04 Å². The van der Waals surface area contributed by atoms with Crippen molar-refractivity contribution in [3.8, 4) is 0 Å². The second-order valence-electron chi connectivity index (χ2n) is 3.96. The van der Waals surface area contributed by atoms with Crippen LogP contribution >= 0.6 is 27.5 Å². The van der Waals surface area contributed by atoms with Crippen LogP contribution in [0.25, 0.3) is 0 Å². The number of allylic oxidation sites excluding steroid dienone is 1. The summed E-state index contributed by atoms with van der Waals surface area (Å²) in [6.07, 6.45) is 4.30. The summed E-state index contributed by atoms with van der Waals surface area (Å²) in [5, 5.41) is 4.00. The number of likely N-dealkylation sites (N-methyl/N-ethyl adjacent to an activating group) is 1. The molecule has 1 aliphatic rings. The summed E-state index contributed by atoms with van der Waals surface area (Å²) in [7, 11) is 1.92. The standard InChI is InChI=1S/C13H15BrClNO/c1-16-13(11-7-2-3-8-17-11)9-5-4-6-10(14)12(9)15/h4-7,13,16H,2-3,8H2,1H3. The van der Waals surface area contributed by atoms with E-state index >= 15 is 0 Å². The van der Waals surface area contributed by atoms with Crippen molar-refractivity contribution in [3.63, 3.8) is 0 Å². The summed E-state index contributed by atoms with van der Waals surface area (Å²) in [6.45, 7) is 0.787. The van der Waals surface area contributed by atoms with Crippen LogP contribution < -0.4 is 5.32 Å². The molecule has 92 valence electrons. The first kappa shape index (κ1) is 12.9. The van der Waals surface area contributed by atoms with Crippen molar-refractivity contribution in [1.29, 1.82) is 0 Å². The van der Waals surface area contributed by atoms with Crippen LogP contribution in [0.3, 0.4) is 0 Å². The number of rotatable bonds is 3. The molecule has 0 aliphatic carbocycles. The van der Waals surface area contributed by atoms with Crippen LogP contribution in [-0.4, -0.2) is 13.7 Å². The van der Waals surface area contributed by atoms with Crippen LogP contribution in [-0.2, 0) is 4.74 Å². The lowest BCUT2D eigenvalue weighted by Crippen LogP contribution is -2.22. The van der Waals surface area contributed by atoms with Gasteiger partial charge in [0.2, 0.25) is 0 Å². The van der Waals surface area contributed by atoms with Crippen molar-refractivity contribution in [3.05, 3.63) is 45.1 Å². The summed E-state index contributed by atoms with van der Waals surface area (Å²) in [4.78, 5) is 0. The summed E-state index contributed by atoms with van der Waals surface area (Å²) in [6, 6.07) is 5.97. The fraction of sp³-hybridized carbons (Fsp3) is 0.385. The van der Waals surface area contributed by atoms with Gasteiger partial charge in [-0.1, -0.05) is 23.7 Å². The summed E-state index contributed by atoms with van der Waals surface area (Å²) < 4.78 is 6.62. The third-order valence-corrected chi connectivity index (χ3v) is 4.14. The van der Waals surface area contributed by atoms with E-state index in [1.807, 2.05) is 25.2 Å². The van der Waals surface area contributed by atoms with Crippen LogP contribution in [0.4, 0.5) is 0 Å². The predicted molar refractivity (Wildman–Crippen MR) is 74.2 cm³/mol. The molecule has 2 rings (SSSR count). The Morgan fingerprint density at radius 3 is 2.94 bits per heavy atom. The Labute approximate surface area is 115 Å². The average molecular weight is 317 g/mol. The van der Waals surface area contributed by atoms with Crippen molar-refractivity contribution in [2.24, 2.45) is 0 Å². The fourth-order valence-electron chi connectivity index (χ4n) is 1.97. The molecule has 1 aliphatic heterocycles. The molecule has 0 radical (unpaired) electrons. The molecule has 17 heavy (non-hydrogen) atoms. The first-order valence-corrected chi connectivity index (χ1v) is 6.85. The summed E-state index contributed by atoms with van der Waals surface area (Å²) in [5.74, 6) is 0.971. The summed E-state index contributed by atoms with van der Waals surface area (Å²) in [5.41, 5.74) is 1.04. The fourth-order valence-corrected chi connectivity index (χ4v) is 2.59. The molecule has 0 bridgehead atoms. The highest BCUT2D eigenvalue weighted by atomic mass is 79.9. The number of ether oxygens (including phenoxy) is 1. The third kappa shape index (κ3) is 2.84. The maximum absolute atomic E-state index is 6.32. The molecular weight excluding hydrogens is 302 g/mol. The molecule has 0 fully saturated rings. The van der Waals surface area contributed by atoms with E-state index in [4.69, 9.17) is 16.3 Å². The molecule has 1 N–H and O–H groups in total. The number of nitrogens with one attached hydrogen (secondary N) is 1. The van der Waals surface area contributed by atoms with E-state index in [2.05, 4.69) is 27.3 Å². The molecule has 0 saturated heterocycles. The highest BCUT2D eigenvalue weighted by molar-refractivity contribution is 9.10. The maximum Gasteiger partial charge on any atom is 0.113 e. The largest absolute Gasteiger partial charge is 0.496 e. The molecule has 2 nitrogen and oxygen atoms in total.